The van der Waals surface area contributed by atoms with E-state index in [1.807, 2.05) is 58.1 Å². The predicted octanol–water partition coefficient (Wildman–Crippen LogP) is 12.3. The molecule has 3 aliphatic heterocycles. The summed E-state index contributed by atoms with van der Waals surface area (Å²) in [6, 6.07) is 17.1. The number of pyridine rings is 4. The van der Waals surface area contributed by atoms with Crippen LogP contribution in [0.25, 0.3) is 11.6 Å². The molecule has 6 aromatic rings. The number of carbonyl (C=O) groups is 3. The van der Waals surface area contributed by atoms with E-state index < -0.39 is 110 Å². The van der Waals surface area contributed by atoms with Crippen LogP contribution >= 0.6 is 11.6 Å². The van der Waals surface area contributed by atoms with Gasteiger partial charge in [0.15, 0.2) is 21.7 Å². The van der Waals surface area contributed by atoms with E-state index in [0.717, 1.165) is 38.5 Å². The number of sulfonamides is 2. The van der Waals surface area contributed by atoms with Gasteiger partial charge >= 0.3 is 18.4 Å². The number of hydrogen-bond acceptors (Lipinski definition) is 19. The van der Waals surface area contributed by atoms with Crippen LogP contribution in [-0.4, -0.2) is 148 Å². The molecule has 2 atom stereocenters. The molecule has 4 fully saturated rings. The quantitative estimate of drug-likeness (QED) is 0.0314. The van der Waals surface area contributed by atoms with Crippen molar-refractivity contribution in [3.63, 3.8) is 0 Å². The van der Waals surface area contributed by atoms with Crippen molar-refractivity contribution in [2.45, 2.75) is 177 Å². The lowest BCUT2D eigenvalue weighted by atomic mass is 9.93. The van der Waals surface area contributed by atoms with Crippen LogP contribution in [0, 0.1) is 22.7 Å². The molecule has 33 heteroatoms. The smallest absolute Gasteiger partial charge is 0.410 e. The fourth-order valence-corrected chi connectivity index (χ4v) is 14.2. The van der Waals surface area contributed by atoms with Crippen molar-refractivity contribution in [3.8, 4) is 23.4 Å². The third-order valence-corrected chi connectivity index (χ3v) is 20.4. The summed E-state index contributed by atoms with van der Waals surface area (Å²) < 4.78 is 188. The molecule has 2 saturated carbocycles. The minimum Gasteiger partial charge on any atom is -0.477 e. The van der Waals surface area contributed by atoms with Gasteiger partial charge < -0.3 is 34.6 Å². The van der Waals surface area contributed by atoms with E-state index in [9.17, 15) is 57.6 Å². The van der Waals surface area contributed by atoms with E-state index in [4.69, 9.17) is 36.3 Å². The molecular formula is C65H81ClF6N14O10S2. The molecule has 4 bridgehead atoms. The Labute approximate surface area is 575 Å². The molecule has 4 N–H and O–H groups in total. The van der Waals surface area contributed by atoms with Crippen molar-refractivity contribution in [1.82, 2.24) is 53.8 Å². The summed E-state index contributed by atoms with van der Waals surface area (Å²) >= 11 is 6.26. The summed E-state index contributed by atoms with van der Waals surface area (Å²) in [6.45, 7) is 14.6. The maximum absolute atomic E-state index is 13.6. The molecule has 98 heavy (non-hydrogen) atoms. The predicted molar refractivity (Wildman–Crippen MR) is 351 cm³/mol. The van der Waals surface area contributed by atoms with Crippen LogP contribution in [0.2, 0.25) is 5.15 Å². The number of alkyl halides is 6. The Kier molecular flexibility index (Phi) is 19.4. The summed E-state index contributed by atoms with van der Waals surface area (Å²) in [4.78, 5) is 60.3. The highest BCUT2D eigenvalue weighted by Crippen LogP contribution is 2.61. The zero-order valence-electron chi connectivity index (χ0n) is 59.0. The molecule has 0 unspecified atom stereocenters. The Morgan fingerprint density at radius 2 is 1.39 bits per heavy atom. The van der Waals surface area contributed by atoms with Gasteiger partial charge in [-0.3, -0.25) is 9.59 Å². The molecular weight excluding hydrogens is 1350 g/mol. The first-order valence-corrected chi connectivity index (χ1v) is 35.2. The van der Waals surface area contributed by atoms with Gasteiger partial charge in [0, 0.05) is 67.3 Å². The molecule has 0 spiro atoms. The van der Waals surface area contributed by atoms with Crippen molar-refractivity contribution in [1.29, 1.82) is 0 Å². The Bertz CT molecular complexity index is 4330. The number of ether oxygens (including phenoxy) is 3. The minimum absolute atomic E-state index is 0.0163. The van der Waals surface area contributed by atoms with Crippen molar-refractivity contribution in [2.75, 3.05) is 54.9 Å². The first-order valence-electron chi connectivity index (χ1n) is 33.9. The molecule has 2 saturated heterocycles. The van der Waals surface area contributed by atoms with Gasteiger partial charge in [-0.05, 0) is 199 Å². The van der Waals surface area contributed by atoms with Gasteiger partial charge in [0.1, 0.15) is 28.2 Å². The van der Waals surface area contributed by atoms with Crippen molar-refractivity contribution < 1.29 is 77.3 Å². The van der Waals surface area contributed by atoms with Gasteiger partial charge in [0.05, 0.1) is 35.2 Å². The van der Waals surface area contributed by atoms with Gasteiger partial charge in [-0.15, -0.1) is 10.2 Å². The maximum Gasteiger partial charge on any atom is 0.410 e. The molecule has 6 aromatic heterocycles. The van der Waals surface area contributed by atoms with E-state index in [1.165, 1.54) is 76.4 Å². The Morgan fingerprint density at radius 3 is 1.99 bits per heavy atom. The lowest BCUT2D eigenvalue weighted by Gasteiger charge is -2.34. The van der Waals surface area contributed by atoms with Gasteiger partial charge in [-0.1, -0.05) is 23.7 Å². The average molecular weight is 1440 g/mol. The molecule has 532 valence electrons. The monoisotopic (exact) mass is 1430 g/mol. The van der Waals surface area contributed by atoms with Gasteiger partial charge in [-0.2, -0.15) is 43.2 Å². The van der Waals surface area contributed by atoms with Crippen molar-refractivity contribution in [3.05, 3.63) is 101 Å². The molecule has 24 nitrogen and oxygen atoms in total. The summed E-state index contributed by atoms with van der Waals surface area (Å²) in [5, 5.41) is 13.6. The molecule has 11 rings (SSSR count). The van der Waals surface area contributed by atoms with Crippen LogP contribution in [0.15, 0.2) is 95.2 Å². The topological polar surface area (TPSA) is 289 Å². The minimum atomic E-state index is -4.49. The molecule has 9 heterocycles. The zero-order valence-corrected chi connectivity index (χ0v) is 57.4. The molecule has 3 amide bonds. The van der Waals surface area contributed by atoms with Gasteiger partial charge in [0.2, 0.25) is 11.8 Å². The van der Waals surface area contributed by atoms with Crippen LogP contribution in [0.5, 0.6) is 11.8 Å². The lowest BCUT2D eigenvalue weighted by molar-refractivity contribution is -0.190. The van der Waals surface area contributed by atoms with E-state index in [-0.39, 0.29) is 105 Å². The number of carbonyl (C=O) groups excluding carboxylic acids is 3. The second-order valence-electron chi connectivity index (χ2n) is 27.4. The zero-order chi connectivity index (χ0) is 74.4. The van der Waals surface area contributed by atoms with Gasteiger partial charge in [-0.25, -0.2) is 43.5 Å². The summed E-state index contributed by atoms with van der Waals surface area (Å²) in [7, 11) is -8.77. The van der Waals surface area contributed by atoms with Crippen molar-refractivity contribution in [2.24, 2.45) is 22.7 Å². The van der Waals surface area contributed by atoms with Crippen LogP contribution in [0.1, 0.15) is 164 Å². The number of amides is 3. The number of anilines is 3. The molecule has 0 radical (unpaired) electrons. The lowest BCUT2D eigenvalue weighted by Crippen LogP contribution is -2.45. The molecule has 0 aromatic carbocycles. The first-order chi connectivity index (χ1) is 47.4. The summed E-state index contributed by atoms with van der Waals surface area (Å²) in [6.07, 6.45) is -7.92. The first kappa shape index (κ1) is 67.2. The average Bonchev–Trinajstić information content (AvgIpc) is 1.61. The summed E-state index contributed by atoms with van der Waals surface area (Å²) in [5.41, 5.74) is -5.64. The number of aromatic nitrogens is 8. The van der Waals surface area contributed by atoms with E-state index in [0.29, 0.717) is 32.0 Å². The molecule has 2 aliphatic carbocycles. The van der Waals surface area contributed by atoms with Crippen molar-refractivity contribution >= 4 is 67.0 Å². The number of likely N-dealkylation sites (tertiary alicyclic amines) is 1. The number of nitrogens with zero attached hydrogens (tertiary/aromatic N) is 10. The van der Waals surface area contributed by atoms with Crippen LogP contribution in [0.4, 0.5) is 48.6 Å². The van der Waals surface area contributed by atoms with E-state index >= 15 is 0 Å². The third kappa shape index (κ3) is 17.5. The van der Waals surface area contributed by atoms with Gasteiger partial charge in [0.25, 0.3) is 31.9 Å². The number of rotatable bonds is 20. The Balaban J connectivity index is 0.000000222. The fourth-order valence-electron chi connectivity index (χ4n) is 12.1. The van der Waals surface area contributed by atoms with E-state index in [2.05, 4.69) is 40.5 Å². The van der Waals surface area contributed by atoms with E-state index in [1.54, 1.807) is 23.1 Å². The SMILES string of the molecule is [2H]C([2H])(COc1ccn(-c2ccc(C(=O)NS(=O)(=O)c3cccc(NCCC[C@@H]4CN(C(=O)OC(C)(C)C)C(C)(C)C4)n3)c(Cl)n2)n1)CC1(C(F)(F)F)CC1.[2H]C([2H])(COc1ccn(-c2ccc3c(n2)N2C[C@@H](CCCNc4cccc(n4)S(=O)(=O)NC3=O)CC2(C)C)n1)CC1(C(F)(F)F)CC1. The Morgan fingerprint density at radius 1 is 0.776 bits per heavy atom. The third-order valence-electron chi connectivity index (χ3n) is 17.7. The number of halogens is 7. The fraction of sp³-hybridized carbons (Fsp3) is 0.554. The normalized spacial score (nSPS) is 20.7. The van der Waals surface area contributed by atoms with Crippen LogP contribution < -0.4 is 34.5 Å². The highest BCUT2D eigenvalue weighted by Gasteiger charge is 2.63. The van der Waals surface area contributed by atoms with Crippen LogP contribution in [0.3, 0.4) is 0 Å². The Hall–Kier alpha value is -8.00. The second kappa shape index (κ2) is 28.3. The number of nitrogens with one attached hydrogen (secondary N) is 4. The second-order valence-corrected chi connectivity index (χ2v) is 31.0. The number of hydrogen-bond donors (Lipinski definition) is 4. The highest BCUT2D eigenvalue weighted by molar-refractivity contribution is 7.90. The largest absolute Gasteiger partial charge is 0.477 e. The van der Waals surface area contributed by atoms with Crippen LogP contribution in [-0.2, 0) is 24.8 Å². The summed E-state index contributed by atoms with van der Waals surface area (Å²) in [5.74, 6) is -0.219. The standard InChI is InChI=1S/C35H45ClF3N7O6S.C30H36F3N7O4S/c1-32(2,3)52-31(48)45-22-23(21-33(45,4)5)9-7-18-40-25-10-6-11-28(41-25)53(49,50)44-30(47)24-12-13-26(42-29(24)36)46-19-14-27(43-46)51-20-8-15-34(16-17-34)35(37,38)39;1-28(2)18-20-6-4-15-34-22-7-3-8-25(35-22)45(42,43)38-27(41)21-9-10-23(36-26(21)39(28)19-20)40-16-11-24(37-40)44-17-5-12-29(13-14-29)30(31,32)33/h6,10-14,19,23H,7-9,15-18,20-22H2,1-5H3,(H,40,41)(H,44,47);3,7-11,16,20H,4-6,12-15,17-19H2,1-2H3,(H,34,35)(H,38,41)/t23-;20-/m00/s1/i8D2;5D2. The molecule has 5 aliphatic rings. The maximum atomic E-state index is 13.6. The number of fused-ring (bicyclic) bond motifs is 6. The highest BCUT2D eigenvalue weighted by atomic mass is 35.5.